The van der Waals surface area contributed by atoms with Crippen LogP contribution in [0.1, 0.15) is 37.1 Å². The van der Waals surface area contributed by atoms with Crippen LogP contribution >= 0.6 is 23.2 Å². The molecule has 1 heterocycles. The van der Waals surface area contributed by atoms with Crippen molar-refractivity contribution in [3.05, 3.63) is 39.0 Å². The summed E-state index contributed by atoms with van der Waals surface area (Å²) in [6.45, 7) is 2.74. The molecule has 0 saturated heterocycles. The van der Waals surface area contributed by atoms with Gasteiger partial charge in [-0.3, -0.25) is 5.32 Å². The average Bonchev–Trinajstić information content (AvgIpc) is 3.10. The summed E-state index contributed by atoms with van der Waals surface area (Å²) in [4.78, 5) is 12.2. The third kappa shape index (κ3) is 4.47. The molecule has 1 aliphatic carbocycles. The van der Waals surface area contributed by atoms with Crippen molar-refractivity contribution in [3.8, 4) is 11.8 Å². The van der Waals surface area contributed by atoms with Crippen LogP contribution in [0.2, 0.25) is 10.0 Å². The van der Waals surface area contributed by atoms with Gasteiger partial charge >= 0.3 is 18.4 Å². The first-order chi connectivity index (χ1) is 15.9. The third-order valence-electron chi connectivity index (χ3n) is 5.01. The van der Waals surface area contributed by atoms with Crippen molar-refractivity contribution in [1.82, 2.24) is 9.78 Å². The SMILES string of the molecule is CC(C)OC(=O)Nc1c(C2(C(F)(F)F)CC2(F)F)c(C#N)nn1-c1c(Cl)cc(C(F)(F)F)cc1Cl. The van der Waals surface area contributed by atoms with Gasteiger partial charge in [-0.2, -0.15) is 36.7 Å². The molecule has 0 bridgehead atoms. The number of hydrogen-bond donors (Lipinski definition) is 1. The Morgan fingerprint density at radius 2 is 1.71 bits per heavy atom. The summed E-state index contributed by atoms with van der Waals surface area (Å²) in [5, 5.41) is 13.1. The van der Waals surface area contributed by atoms with E-state index in [1.54, 1.807) is 0 Å². The highest BCUT2D eigenvalue weighted by Crippen LogP contribution is 2.70. The van der Waals surface area contributed by atoms with E-state index in [1.165, 1.54) is 19.9 Å². The van der Waals surface area contributed by atoms with E-state index < -0.39 is 80.7 Å². The number of ether oxygens (including phenoxy) is 1. The number of aromatic nitrogens is 2. The second-order valence-corrected chi connectivity index (χ2v) is 8.56. The minimum atomic E-state index is -5.62. The summed E-state index contributed by atoms with van der Waals surface area (Å²) >= 11 is 11.8. The highest BCUT2D eigenvalue weighted by molar-refractivity contribution is 6.38. The van der Waals surface area contributed by atoms with Crippen molar-refractivity contribution in [2.45, 2.75) is 50.1 Å². The van der Waals surface area contributed by atoms with E-state index in [-0.39, 0.29) is 0 Å². The molecule has 190 valence electrons. The summed E-state index contributed by atoms with van der Waals surface area (Å²) in [6.07, 6.45) is -14.6. The molecular formula is C19H12Cl2F8N4O2. The number of carbonyl (C=O) groups excluding carboxylic acids is 1. The number of alkyl halides is 8. The Hall–Kier alpha value is -2.79. The van der Waals surface area contributed by atoms with E-state index >= 15 is 0 Å². The molecule has 1 amide bonds. The maximum Gasteiger partial charge on any atom is 0.416 e. The van der Waals surface area contributed by atoms with Crippen molar-refractivity contribution in [2.75, 3.05) is 5.32 Å². The predicted molar refractivity (Wildman–Crippen MR) is 106 cm³/mol. The largest absolute Gasteiger partial charge is 0.447 e. The molecule has 1 saturated carbocycles. The maximum absolute atomic E-state index is 14.2. The smallest absolute Gasteiger partial charge is 0.416 e. The molecule has 1 aromatic heterocycles. The standard InChI is InChI=1S/C19H12Cl2F8N4O2/c1-7(2)35-15(34)31-14-12(16(19(27,28)29)6-17(16,22)23)11(5-30)32-33(14)13-9(20)3-8(4-10(13)21)18(24,25)26/h3-4,7H,6H2,1-2H3,(H,31,34). The lowest BCUT2D eigenvalue weighted by Crippen LogP contribution is -2.36. The molecule has 16 heteroatoms. The minimum absolute atomic E-state index is 0.294. The van der Waals surface area contributed by atoms with Crippen LogP contribution in [-0.4, -0.2) is 34.1 Å². The molecule has 2 aromatic rings. The van der Waals surface area contributed by atoms with Crippen molar-refractivity contribution < 1.29 is 44.7 Å². The fourth-order valence-corrected chi connectivity index (χ4v) is 4.11. The molecule has 6 nitrogen and oxygen atoms in total. The number of nitrogens with one attached hydrogen (secondary N) is 1. The zero-order chi connectivity index (χ0) is 26.7. The van der Waals surface area contributed by atoms with E-state index in [0.29, 0.717) is 16.8 Å². The number of benzene rings is 1. The topological polar surface area (TPSA) is 79.9 Å². The Bertz CT molecular complexity index is 1210. The Morgan fingerprint density at radius 1 is 1.20 bits per heavy atom. The normalized spacial score (nSPS) is 19.4. The number of carbonyl (C=O) groups is 1. The van der Waals surface area contributed by atoms with Gasteiger partial charge in [-0.25, -0.2) is 18.3 Å². The van der Waals surface area contributed by atoms with E-state index in [2.05, 4.69) is 5.10 Å². The van der Waals surface area contributed by atoms with E-state index in [1.807, 2.05) is 5.32 Å². The molecular weight excluding hydrogens is 539 g/mol. The van der Waals surface area contributed by atoms with Gasteiger partial charge < -0.3 is 4.74 Å². The van der Waals surface area contributed by atoms with Crippen LogP contribution in [0.3, 0.4) is 0 Å². The molecule has 3 rings (SSSR count). The Balaban J connectivity index is 2.37. The van der Waals surface area contributed by atoms with E-state index in [4.69, 9.17) is 27.9 Å². The van der Waals surface area contributed by atoms with Crippen LogP contribution in [0.15, 0.2) is 12.1 Å². The first-order valence-corrected chi connectivity index (χ1v) is 10.2. The monoisotopic (exact) mass is 550 g/mol. The second kappa shape index (κ2) is 8.41. The molecule has 1 N–H and O–H groups in total. The van der Waals surface area contributed by atoms with Crippen LogP contribution in [0, 0.1) is 11.3 Å². The third-order valence-corrected chi connectivity index (χ3v) is 5.58. The number of hydrogen-bond acceptors (Lipinski definition) is 4. The fourth-order valence-electron chi connectivity index (χ4n) is 3.46. The van der Waals surface area contributed by atoms with Crippen molar-refractivity contribution in [3.63, 3.8) is 0 Å². The number of halogens is 10. The summed E-state index contributed by atoms with van der Waals surface area (Å²) in [5.74, 6) is -5.51. The Labute approximate surface area is 201 Å². The predicted octanol–water partition coefficient (Wildman–Crippen LogP) is 6.87. The average molecular weight is 551 g/mol. The number of anilines is 1. The van der Waals surface area contributed by atoms with Crippen molar-refractivity contribution >= 4 is 35.1 Å². The molecule has 0 aliphatic heterocycles. The van der Waals surface area contributed by atoms with E-state index in [0.717, 1.165) is 0 Å². The summed E-state index contributed by atoms with van der Waals surface area (Å²) in [6, 6.07) is 1.96. The molecule has 0 spiro atoms. The molecule has 1 aromatic carbocycles. The maximum atomic E-state index is 14.2. The molecule has 1 fully saturated rings. The summed E-state index contributed by atoms with van der Waals surface area (Å²) in [7, 11) is 0. The van der Waals surface area contributed by atoms with Crippen LogP contribution < -0.4 is 5.32 Å². The minimum Gasteiger partial charge on any atom is -0.447 e. The quantitative estimate of drug-likeness (QED) is 0.421. The summed E-state index contributed by atoms with van der Waals surface area (Å²) < 4.78 is 115. The van der Waals surface area contributed by atoms with E-state index in [9.17, 15) is 45.2 Å². The second-order valence-electron chi connectivity index (χ2n) is 7.75. The Morgan fingerprint density at radius 3 is 2.09 bits per heavy atom. The van der Waals surface area contributed by atoms with Crippen molar-refractivity contribution in [1.29, 1.82) is 5.26 Å². The number of nitrogens with zero attached hydrogens (tertiary/aromatic N) is 3. The molecule has 0 radical (unpaired) electrons. The molecule has 35 heavy (non-hydrogen) atoms. The summed E-state index contributed by atoms with van der Waals surface area (Å²) in [5.41, 5.74) is -8.56. The number of amides is 1. The van der Waals surface area contributed by atoms with Crippen LogP contribution in [0.25, 0.3) is 5.69 Å². The van der Waals surface area contributed by atoms with Crippen LogP contribution in [0.5, 0.6) is 0 Å². The lowest BCUT2D eigenvalue weighted by Gasteiger charge is -2.22. The highest BCUT2D eigenvalue weighted by atomic mass is 35.5. The zero-order valence-electron chi connectivity index (χ0n) is 17.4. The zero-order valence-corrected chi connectivity index (χ0v) is 18.9. The molecule has 1 atom stereocenters. The van der Waals surface area contributed by atoms with Gasteiger partial charge in [-0.05, 0) is 26.0 Å². The first-order valence-electron chi connectivity index (χ1n) is 9.39. The van der Waals surface area contributed by atoms with Gasteiger partial charge in [0.05, 0.1) is 27.3 Å². The number of nitriles is 1. The fraction of sp³-hybridized carbons (Fsp3) is 0.421. The van der Waals surface area contributed by atoms with Gasteiger partial charge in [0.1, 0.15) is 17.6 Å². The first kappa shape index (κ1) is 26.8. The van der Waals surface area contributed by atoms with Gasteiger partial charge in [0.25, 0.3) is 5.92 Å². The Kier molecular flexibility index (Phi) is 6.44. The molecule has 1 unspecified atom stereocenters. The van der Waals surface area contributed by atoms with Crippen LogP contribution in [0.4, 0.5) is 45.7 Å². The molecule has 1 aliphatic rings. The number of rotatable bonds is 4. The van der Waals surface area contributed by atoms with Crippen LogP contribution in [-0.2, 0) is 16.3 Å². The van der Waals surface area contributed by atoms with Gasteiger partial charge in [-0.1, -0.05) is 23.2 Å². The van der Waals surface area contributed by atoms with Gasteiger partial charge in [-0.15, -0.1) is 0 Å². The van der Waals surface area contributed by atoms with Gasteiger partial charge in [0.15, 0.2) is 11.1 Å². The lowest BCUT2D eigenvalue weighted by molar-refractivity contribution is -0.182. The van der Waals surface area contributed by atoms with Crippen molar-refractivity contribution in [2.24, 2.45) is 0 Å². The highest BCUT2D eigenvalue weighted by Gasteiger charge is 2.86. The lowest BCUT2D eigenvalue weighted by atomic mass is 9.93. The van der Waals surface area contributed by atoms with Gasteiger partial charge in [0.2, 0.25) is 0 Å². The van der Waals surface area contributed by atoms with Gasteiger partial charge in [0, 0.05) is 6.42 Å².